The molecule has 0 saturated heterocycles. The summed E-state index contributed by atoms with van der Waals surface area (Å²) in [6.45, 7) is 3.93. The molecule has 0 bridgehead atoms. The fraction of sp³-hybridized carbons (Fsp3) is 0.167. The van der Waals surface area contributed by atoms with E-state index in [1.165, 1.54) is 24.3 Å². The number of aromatic hydroxyl groups is 1. The lowest BCUT2D eigenvalue weighted by atomic mass is 10.0. The highest BCUT2D eigenvalue weighted by molar-refractivity contribution is 7.90. The summed E-state index contributed by atoms with van der Waals surface area (Å²) in [4.78, 5) is -0.333. The predicted octanol–water partition coefficient (Wildman–Crippen LogP) is 7.01. The summed E-state index contributed by atoms with van der Waals surface area (Å²) in [5.41, 5.74) is 2.79. The molecule has 1 N–H and O–H groups in total. The highest BCUT2D eigenvalue weighted by atomic mass is 35.5. The van der Waals surface area contributed by atoms with Gasteiger partial charge < -0.3 is 9.67 Å². The van der Waals surface area contributed by atoms with Gasteiger partial charge in [-0.25, -0.2) is 12.8 Å². The first-order valence-corrected chi connectivity index (χ1v) is 12.3. The minimum absolute atomic E-state index is 0.0594. The van der Waals surface area contributed by atoms with Crippen molar-refractivity contribution in [3.8, 4) is 16.9 Å². The maximum atomic E-state index is 13.6. The molecule has 0 aliphatic heterocycles. The fourth-order valence-electron chi connectivity index (χ4n) is 4.02. The zero-order valence-corrected chi connectivity index (χ0v) is 19.6. The Kier molecular flexibility index (Phi) is 5.96. The SMILES string of the molecule is CC(C)n1c(CS(=O)(=O)c2cc(Cl)cc(Cl)c2O)c(-c2ccc(F)cc2)c2ccccc21. The molecule has 1 aromatic heterocycles. The summed E-state index contributed by atoms with van der Waals surface area (Å²) in [6, 6.07) is 16.0. The van der Waals surface area contributed by atoms with Crippen molar-refractivity contribution in [1.82, 2.24) is 4.57 Å². The van der Waals surface area contributed by atoms with Crippen molar-refractivity contribution in [1.29, 1.82) is 0 Å². The maximum Gasteiger partial charge on any atom is 0.187 e. The molecule has 4 nitrogen and oxygen atoms in total. The number of phenols is 1. The Bertz CT molecular complexity index is 1430. The van der Waals surface area contributed by atoms with Gasteiger partial charge in [-0.15, -0.1) is 0 Å². The number of benzene rings is 3. The molecule has 0 fully saturated rings. The summed E-state index contributed by atoms with van der Waals surface area (Å²) < 4.78 is 42.5. The number of para-hydroxylation sites is 1. The average molecular weight is 492 g/mol. The van der Waals surface area contributed by atoms with Gasteiger partial charge in [-0.1, -0.05) is 53.5 Å². The number of aromatic nitrogens is 1. The lowest BCUT2D eigenvalue weighted by Crippen LogP contribution is -2.13. The van der Waals surface area contributed by atoms with E-state index in [2.05, 4.69) is 0 Å². The summed E-state index contributed by atoms with van der Waals surface area (Å²) in [7, 11) is -4.05. The number of nitrogens with zero attached hydrogens (tertiary/aromatic N) is 1. The van der Waals surface area contributed by atoms with Crippen molar-refractivity contribution in [2.24, 2.45) is 0 Å². The van der Waals surface area contributed by atoms with Gasteiger partial charge in [-0.05, 0) is 49.7 Å². The topological polar surface area (TPSA) is 59.3 Å². The normalized spacial score (nSPS) is 12.1. The number of sulfone groups is 1. The van der Waals surface area contributed by atoms with Crippen LogP contribution >= 0.6 is 23.2 Å². The van der Waals surface area contributed by atoms with E-state index < -0.39 is 21.3 Å². The number of hydrogen-bond acceptors (Lipinski definition) is 3. The van der Waals surface area contributed by atoms with Gasteiger partial charge in [0.15, 0.2) is 15.6 Å². The van der Waals surface area contributed by atoms with E-state index in [0.717, 1.165) is 10.9 Å². The van der Waals surface area contributed by atoms with E-state index in [0.29, 0.717) is 16.8 Å². The van der Waals surface area contributed by atoms with Crippen LogP contribution in [0.3, 0.4) is 0 Å². The zero-order chi connectivity index (χ0) is 23.2. The molecular formula is C24H20Cl2FNO3S. The molecule has 4 aromatic rings. The van der Waals surface area contributed by atoms with E-state index in [9.17, 15) is 17.9 Å². The molecule has 3 aromatic carbocycles. The molecule has 0 atom stereocenters. The van der Waals surface area contributed by atoms with Gasteiger partial charge in [0.2, 0.25) is 0 Å². The second kappa shape index (κ2) is 8.43. The van der Waals surface area contributed by atoms with Crippen LogP contribution in [0.15, 0.2) is 65.6 Å². The number of rotatable bonds is 5. The average Bonchev–Trinajstić information content (AvgIpc) is 3.04. The smallest absolute Gasteiger partial charge is 0.187 e. The summed E-state index contributed by atoms with van der Waals surface area (Å²) in [6.07, 6.45) is 0. The molecule has 0 aliphatic carbocycles. The Labute approximate surface area is 195 Å². The van der Waals surface area contributed by atoms with Crippen molar-refractivity contribution in [2.45, 2.75) is 30.5 Å². The highest BCUT2D eigenvalue weighted by Gasteiger charge is 2.28. The molecular weight excluding hydrogens is 472 g/mol. The Morgan fingerprint density at radius 3 is 2.34 bits per heavy atom. The third kappa shape index (κ3) is 3.98. The van der Waals surface area contributed by atoms with Crippen LogP contribution < -0.4 is 0 Å². The van der Waals surface area contributed by atoms with E-state index in [-0.39, 0.29) is 26.8 Å². The number of halogens is 3. The van der Waals surface area contributed by atoms with Crippen LogP contribution in [0.5, 0.6) is 5.75 Å². The molecule has 8 heteroatoms. The van der Waals surface area contributed by atoms with Gasteiger partial charge in [-0.2, -0.15) is 0 Å². The van der Waals surface area contributed by atoms with Crippen LogP contribution in [0.4, 0.5) is 4.39 Å². The standard InChI is InChI=1S/C24H20Cl2FNO3S/c1-14(2)28-20-6-4-3-5-18(20)23(15-7-9-17(27)10-8-15)21(28)13-32(30,31)22-12-16(25)11-19(26)24(22)29/h3-12,14,29H,13H2,1-2H3. The van der Waals surface area contributed by atoms with E-state index in [1.54, 1.807) is 12.1 Å². The van der Waals surface area contributed by atoms with Crippen molar-refractivity contribution in [3.05, 3.63) is 82.2 Å². The zero-order valence-electron chi connectivity index (χ0n) is 17.3. The van der Waals surface area contributed by atoms with Crippen molar-refractivity contribution < 1.29 is 17.9 Å². The Morgan fingerprint density at radius 2 is 1.69 bits per heavy atom. The van der Waals surface area contributed by atoms with Crippen molar-refractivity contribution in [2.75, 3.05) is 0 Å². The fourth-order valence-corrected chi connectivity index (χ4v) is 6.15. The summed E-state index contributed by atoms with van der Waals surface area (Å²) in [5, 5.41) is 11.2. The number of hydrogen-bond donors (Lipinski definition) is 1. The third-order valence-electron chi connectivity index (χ3n) is 5.32. The van der Waals surface area contributed by atoms with Gasteiger partial charge in [0, 0.05) is 33.2 Å². The van der Waals surface area contributed by atoms with Crippen LogP contribution in [-0.2, 0) is 15.6 Å². The van der Waals surface area contributed by atoms with Crippen molar-refractivity contribution in [3.63, 3.8) is 0 Å². The second-order valence-corrected chi connectivity index (χ2v) is 10.6. The van der Waals surface area contributed by atoms with Gasteiger partial charge in [-0.3, -0.25) is 0 Å². The van der Waals surface area contributed by atoms with E-state index >= 15 is 0 Å². The molecule has 166 valence electrons. The molecule has 0 radical (unpaired) electrons. The minimum Gasteiger partial charge on any atom is -0.505 e. The molecule has 0 spiro atoms. The molecule has 1 heterocycles. The number of phenolic OH excluding ortho intramolecular Hbond substituents is 1. The largest absolute Gasteiger partial charge is 0.505 e. The number of fused-ring (bicyclic) bond motifs is 1. The molecule has 0 aliphatic rings. The maximum absolute atomic E-state index is 13.6. The highest BCUT2D eigenvalue weighted by Crippen LogP contribution is 2.41. The Morgan fingerprint density at radius 1 is 1.03 bits per heavy atom. The lowest BCUT2D eigenvalue weighted by molar-refractivity contribution is 0.459. The first-order valence-electron chi connectivity index (χ1n) is 9.88. The first kappa shape index (κ1) is 22.6. The van der Waals surface area contributed by atoms with Gasteiger partial charge in [0.1, 0.15) is 10.7 Å². The van der Waals surface area contributed by atoms with Crippen LogP contribution in [0, 0.1) is 5.82 Å². The molecule has 0 amide bonds. The van der Waals surface area contributed by atoms with E-state index in [1.807, 2.05) is 42.7 Å². The molecule has 32 heavy (non-hydrogen) atoms. The van der Waals surface area contributed by atoms with Gasteiger partial charge >= 0.3 is 0 Å². The van der Waals surface area contributed by atoms with Gasteiger partial charge in [0.05, 0.1) is 10.8 Å². The molecule has 0 unspecified atom stereocenters. The minimum atomic E-state index is -4.05. The Hall–Kier alpha value is -2.54. The van der Waals surface area contributed by atoms with Crippen LogP contribution in [0.25, 0.3) is 22.0 Å². The van der Waals surface area contributed by atoms with Crippen LogP contribution in [-0.4, -0.2) is 18.1 Å². The van der Waals surface area contributed by atoms with Crippen LogP contribution in [0.1, 0.15) is 25.6 Å². The van der Waals surface area contributed by atoms with Crippen molar-refractivity contribution >= 4 is 43.9 Å². The summed E-state index contributed by atoms with van der Waals surface area (Å²) in [5.74, 6) is -1.32. The van der Waals surface area contributed by atoms with Gasteiger partial charge in [0.25, 0.3) is 0 Å². The molecule has 0 saturated carbocycles. The molecule has 4 rings (SSSR count). The lowest BCUT2D eigenvalue weighted by Gasteiger charge is -2.17. The predicted molar refractivity (Wildman–Crippen MR) is 127 cm³/mol. The van der Waals surface area contributed by atoms with E-state index in [4.69, 9.17) is 23.2 Å². The monoisotopic (exact) mass is 491 g/mol. The summed E-state index contributed by atoms with van der Waals surface area (Å²) >= 11 is 12.0. The second-order valence-electron chi connectivity index (χ2n) is 7.80. The quantitative estimate of drug-likeness (QED) is 0.326. The van der Waals surface area contributed by atoms with Crippen LogP contribution in [0.2, 0.25) is 10.0 Å². The Balaban J connectivity index is 2.01. The third-order valence-corrected chi connectivity index (χ3v) is 7.46. The first-order chi connectivity index (χ1) is 15.1.